The second-order valence-corrected chi connectivity index (χ2v) is 5.63. The lowest BCUT2D eigenvalue weighted by atomic mass is 9.95. The van der Waals surface area contributed by atoms with E-state index in [0.29, 0.717) is 18.4 Å². The number of hydrogen-bond acceptors (Lipinski definition) is 2. The Kier molecular flexibility index (Phi) is 3.28. The second kappa shape index (κ2) is 5.08. The zero-order valence-corrected chi connectivity index (χ0v) is 11.1. The van der Waals surface area contributed by atoms with E-state index in [0.717, 1.165) is 17.2 Å². The van der Waals surface area contributed by atoms with Crippen molar-refractivity contribution < 1.29 is 9.53 Å². The lowest BCUT2D eigenvalue weighted by Crippen LogP contribution is -2.21. The Morgan fingerprint density at radius 2 is 2.26 bits per heavy atom. The van der Waals surface area contributed by atoms with Gasteiger partial charge >= 0.3 is 6.09 Å². The molecule has 0 spiro atoms. The lowest BCUT2D eigenvalue weighted by molar-refractivity contribution is 0.134. The molecular weight excluding hydrogens is 238 g/mol. The number of ether oxygens (including phenoxy) is 1. The summed E-state index contributed by atoms with van der Waals surface area (Å²) in [7, 11) is 0. The molecule has 1 aromatic rings. The number of anilines is 1. The minimum atomic E-state index is -0.350. The average molecular weight is 257 g/mol. The largest absolute Gasteiger partial charge is 0.449 e. The standard InChI is InChI=1S/C16H19NO2/c1-11-3-2-4-15(7-11)17-16(18)19-10-14-9-12-5-6-13(14)8-12/h2-7,12-14H,8-10H2,1H3,(H,17,18)/t12-,13-,14+/m0/s1. The van der Waals surface area contributed by atoms with Crippen molar-refractivity contribution in [1.29, 1.82) is 0 Å². The molecule has 1 fully saturated rings. The number of amides is 1. The van der Waals surface area contributed by atoms with E-state index in [9.17, 15) is 4.79 Å². The average Bonchev–Trinajstić information content (AvgIpc) is 2.98. The molecule has 2 bridgehead atoms. The smallest absolute Gasteiger partial charge is 0.411 e. The van der Waals surface area contributed by atoms with Crippen LogP contribution in [0.5, 0.6) is 0 Å². The van der Waals surface area contributed by atoms with E-state index in [2.05, 4.69) is 17.5 Å². The van der Waals surface area contributed by atoms with E-state index < -0.39 is 0 Å². The molecule has 100 valence electrons. The Morgan fingerprint density at radius 3 is 2.95 bits per heavy atom. The van der Waals surface area contributed by atoms with Gasteiger partial charge in [0.2, 0.25) is 0 Å². The number of allylic oxidation sites excluding steroid dienone is 2. The molecule has 1 saturated carbocycles. The summed E-state index contributed by atoms with van der Waals surface area (Å²) in [6, 6.07) is 7.72. The van der Waals surface area contributed by atoms with Crippen molar-refractivity contribution in [2.45, 2.75) is 19.8 Å². The van der Waals surface area contributed by atoms with Gasteiger partial charge in [0.05, 0.1) is 6.61 Å². The van der Waals surface area contributed by atoms with Crippen LogP contribution in [0.15, 0.2) is 36.4 Å². The first-order chi connectivity index (χ1) is 9.20. The van der Waals surface area contributed by atoms with Crippen molar-refractivity contribution in [3.05, 3.63) is 42.0 Å². The molecule has 3 atom stereocenters. The Bertz CT molecular complexity index is 509. The molecule has 3 heteroatoms. The van der Waals surface area contributed by atoms with Gasteiger partial charge in [-0.25, -0.2) is 4.79 Å². The van der Waals surface area contributed by atoms with Crippen molar-refractivity contribution in [2.24, 2.45) is 17.8 Å². The maximum atomic E-state index is 11.7. The fraction of sp³-hybridized carbons (Fsp3) is 0.438. The van der Waals surface area contributed by atoms with Crippen LogP contribution < -0.4 is 5.32 Å². The van der Waals surface area contributed by atoms with Crippen molar-refractivity contribution in [1.82, 2.24) is 0 Å². The van der Waals surface area contributed by atoms with E-state index >= 15 is 0 Å². The number of nitrogens with one attached hydrogen (secondary N) is 1. The number of hydrogen-bond donors (Lipinski definition) is 1. The summed E-state index contributed by atoms with van der Waals surface area (Å²) in [5.74, 6) is 1.86. The number of benzene rings is 1. The molecule has 0 unspecified atom stereocenters. The van der Waals surface area contributed by atoms with Crippen LogP contribution in [0.1, 0.15) is 18.4 Å². The maximum Gasteiger partial charge on any atom is 0.411 e. The molecule has 0 radical (unpaired) electrons. The van der Waals surface area contributed by atoms with Gasteiger partial charge in [0.25, 0.3) is 0 Å². The first-order valence-electron chi connectivity index (χ1n) is 6.89. The number of carbonyl (C=O) groups excluding carboxylic acids is 1. The molecule has 0 saturated heterocycles. The van der Waals surface area contributed by atoms with Gasteiger partial charge < -0.3 is 4.74 Å². The van der Waals surface area contributed by atoms with Gasteiger partial charge in [0.15, 0.2) is 0 Å². The molecule has 3 rings (SSSR count). The summed E-state index contributed by atoms with van der Waals surface area (Å²) < 4.78 is 5.34. The summed E-state index contributed by atoms with van der Waals surface area (Å²) in [5, 5.41) is 2.77. The molecule has 19 heavy (non-hydrogen) atoms. The van der Waals surface area contributed by atoms with Gasteiger partial charge in [-0.3, -0.25) is 5.32 Å². The van der Waals surface area contributed by atoms with Crippen molar-refractivity contribution >= 4 is 11.8 Å². The Balaban J connectivity index is 1.48. The van der Waals surface area contributed by atoms with Crippen molar-refractivity contribution in [3.8, 4) is 0 Å². The summed E-state index contributed by atoms with van der Waals surface area (Å²) in [6.45, 7) is 2.53. The Hall–Kier alpha value is -1.77. The van der Waals surface area contributed by atoms with Crippen LogP contribution in [0.3, 0.4) is 0 Å². The van der Waals surface area contributed by atoms with E-state index in [4.69, 9.17) is 4.74 Å². The third kappa shape index (κ3) is 2.80. The van der Waals surface area contributed by atoms with Gasteiger partial charge in [-0.05, 0) is 49.3 Å². The number of rotatable bonds is 3. The third-order valence-corrected chi connectivity index (χ3v) is 4.11. The van der Waals surface area contributed by atoms with Crippen LogP contribution in [0.2, 0.25) is 0 Å². The number of carbonyl (C=O) groups is 1. The zero-order valence-electron chi connectivity index (χ0n) is 11.1. The fourth-order valence-corrected chi connectivity index (χ4v) is 3.15. The van der Waals surface area contributed by atoms with Crippen molar-refractivity contribution in [2.75, 3.05) is 11.9 Å². The quantitative estimate of drug-likeness (QED) is 0.837. The van der Waals surface area contributed by atoms with Crippen LogP contribution in [0.4, 0.5) is 10.5 Å². The highest BCUT2D eigenvalue weighted by atomic mass is 16.5. The molecule has 0 aliphatic heterocycles. The Morgan fingerprint density at radius 1 is 1.37 bits per heavy atom. The normalized spacial score (nSPS) is 27.5. The highest BCUT2D eigenvalue weighted by Gasteiger charge is 2.36. The molecule has 1 aromatic carbocycles. The molecule has 1 amide bonds. The highest BCUT2D eigenvalue weighted by molar-refractivity contribution is 5.84. The summed E-state index contributed by atoms with van der Waals surface area (Å²) in [4.78, 5) is 11.7. The molecule has 1 N–H and O–H groups in total. The van der Waals surface area contributed by atoms with Crippen molar-refractivity contribution in [3.63, 3.8) is 0 Å². The van der Waals surface area contributed by atoms with Crippen LogP contribution in [-0.4, -0.2) is 12.7 Å². The predicted octanol–water partition coefficient (Wildman–Crippen LogP) is 3.76. The van der Waals surface area contributed by atoms with E-state index in [1.54, 1.807) is 0 Å². The highest BCUT2D eigenvalue weighted by Crippen LogP contribution is 2.43. The zero-order chi connectivity index (χ0) is 13.2. The number of aryl methyl sites for hydroxylation is 1. The Labute approximate surface area is 113 Å². The fourth-order valence-electron chi connectivity index (χ4n) is 3.15. The van der Waals surface area contributed by atoms with E-state index in [1.165, 1.54) is 12.8 Å². The van der Waals surface area contributed by atoms with Gasteiger partial charge in [-0.15, -0.1) is 0 Å². The maximum absolute atomic E-state index is 11.7. The van der Waals surface area contributed by atoms with Gasteiger partial charge in [0.1, 0.15) is 0 Å². The van der Waals surface area contributed by atoms with Crippen LogP contribution in [0.25, 0.3) is 0 Å². The topological polar surface area (TPSA) is 38.3 Å². The van der Waals surface area contributed by atoms with Crippen LogP contribution in [-0.2, 0) is 4.74 Å². The monoisotopic (exact) mass is 257 g/mol. The molecule has 0 aromatic heterocycles. The molecule has 0 heterocycles. The van der Waals surface area contributed by atoms with Crippen LogP contribution >= 0.6 is 0 Å². The minimum Gasteiger partial charge on any atom is -0.449 e. The summed E-state index contributed by atoms with van der Waals surface area (Å²) >= 11 is 0. The number of fused-ring (bicyclic) bond motifs is 2. The van der Waals surface area contributed by atoms with Crippen LogP contribution in [0, 0.1) is 24.7 Å². The molecule has 2 aliphatic carbocycles. The molecular formula is C16H19NO2. The van der Waals surface area contributed by atoms with E-state index in [-0.39, 0.29) is 6.09 Å². The minimum absolute atomic E-state index is 0.350. The third-order valence-electron chi connectivity index (χ3n) is 4.11. The first-order valence-corrected chi connectivity index (χ1v) is 6.89. The predicted molar refractivity (Wildman–Crippen MR) is 75.0 cm³/mol. The SMILES string of the molecule is Cc1cccc(NC(=O)OC[C@H]2C[C@H]3C=C[C@H]2C3)c1. The summed E-state index contributed by atoms with van der Waals surface area (Å²) in [6.07, 6.45) is 6.64. The summed E-state index contributed by atoms with van der Waals surface area (Å²) in [5.41, 5.74) is 1.91. The van der Waals surface area contributed by atoms with Gasteiger partial charge in [0, 0.05) is 11.6 Å². The second-order valence-electron chi connectivity index (χ2n) is 5.63. The first kappa shape index (κ1) is 12.3. The van der Waals surface area contributed by atoms with E-state index in [1.807, 2.05) is 31.2 Å². The lowest BCUT2D eigenvalue weighted by Gasteiger charge is -2.17. The van der Waals surface area contributed by atoms with Gasteiger partial charge in [-0.1, -0.05) is 24.3 Å². The molecule has 3 nitrogen and oxygen atoms in total. The van der Waals surface area contributed by atoms with Gasteiger partial charge in [-0.2, -0.15) is 0 Å². The molecule has 2 aliphatic rings.